The lowest BCUT2D eigenvalue weighted by Gasteiger charge is -2.48. The van der Waals surface area contributed by atoms with Crippen LogP contribution >= 0.6 is 0 Å². The van der Waals surface area contributed by atoms with Crippen molar-refractivity contribution in [1.29, 1.82) is 0 Å². The number of benzene rings is 1. The number of rotatable bonds is 7. The molecule has 1 aromatic carbocycles. The number of carbonyl (C=O) groups is 3. The predicted octanol–water partition coefficient (Wildman–Crippen LogP) is 3.32. The molecule has 324 valence electrons. The lowest BCUT2D eigenvalue weighted by atomic mass is 9.77. The molecule has 3 heterocycles. The maximum absolute atomic E-state index is 14.2. The summed E-state index contributed by atoms with van der Waals surface area (Å²) in [5.41, 5.74) is -3.14. The zero-order valence-corrected chi connectivity index (χ0v) is 35.8. The van der Waals surface area contributed by atoms with E-state index < -0.39 is 83.9 Å². The number of cyclic esters (lactones) is 1. The highest BCUT2D eigenvalue weighted by Crippen LogP contribution is 2.38. The molecule has 3 aliphatic heterocycles. The van der Waals surface area contributed by atoms with Crippen LogP contribution in [0.25, 0.3) is 0 Å². The maximum atomic E-state index is 14.2. The van der Waals surface area contributed by atoms with Crippen molar-refractivity contribution in [2.45, 2.75) is 141 Å². The van der Waals surface area contributed by atoms with Crippen LogP contribution in [0.15, 0.2) is 30.3 Å². The first kappa shape index (κ1) is 46.8. The Morgan fingerprint density at radius 2 is 1.61 bits per heavy atom. The van der Waals surface area contributed by atoms with Crippen LogP contribution in [0.3, 0.4) is 0 Å². The van der Waals surface area contributed by atoms with Gasteiger partial charge in [-0.1, -0.05) is 39.0 Å². The molecule has 15 nitrogen and oxygen atoms in total. The molecule has 4 rings (SSSR count). The van der Waals surface area contributed by atoms with E-state index in [9.17, 15) is 29.7 Å². The monoisotopic (exact) mass is 807 g/mol. The molecule has 0 radical (unpaired) electrons. The molecule has 0 aromatic heterocycles. The Morgan fingerprint density at radius 1 is 0.982 bits per heavy atom. The standard InChI is InChI=1S/C42H69N3O12/c1-12-32-42(8,51)35(46)29(6)44(11)24-25(2)23-41(7,50)36(27(4)33(28(5)37(47)54-32)56-40(49)45-18-20-52-21-19-45)57-39-34(31(43(9)10)22-26(3)53-39)55-38(48)30-16-14-13-15-17-30/h13-17,25-29,31-36,39,46,50-51H,12,18-24H2,1-11H3/t25-,26-,27+,28-,29-,31+,32-,33+,34-,35-,36-,39+,41-,42-/m1/s1. The van der Waals surface area contributed by atoms with Crippen molar-refractivity contribution in [1.82, 2.24) is 14.7 Å². The molecule has 15 heteroatoms. The lowest BCUT2D eigenvalue weighted by molar-refractivity contribution is -0.298. The van der Waals surface area contributed by atoms with Gasteiger partial charge in [0.15, 0.2) is 12.4 Å². The fourth-order valence-corrected chi connectivity index (χ4v) is 8.75. The lowest BCUT2D eigenvalue weighted by Crippen LogP contribution is -2.60. The number of esters is 2. The van der Waals surface area contributed by atoms with Gasteiger partial charge in [-0.25, -0.2) is 9.59 Å². The summed E-state index contributed by atoms with van der Waals surface area (Å²) in [4.78, 5) is 47.0. The Hall–Kier alpha value is -2.89. The minimum atomic E-state index is -1.84. The first-order valence-electron chi connectivity index (χ1n) is 20.5. The summed E-state index contributed by atoms with van der Waals surface area (Å²) in [6.07, 6.45) is -7.07. The second-order valence-corrected chi connectivity index (χ2v) is 17.3. The molecular weight excluding hydrogens is 738 g/mol. The summed E-state index contributed by atoms with van der Waals surface area (Å²) < 4.78 is 37.3. The largest absolute Gasteiger partial charge is 0.459 e. The van der Waals surface area contributed by atoms with Crippen molar-refractivity contribution in [2.24, 2.45) is 17.8 Å². The first-order valence-corrected chi connectivity index (χ1v) is 20.5. The van der Waals surface area contributed by atoms with Crippen molar-refractivity contribution in [3.05, 3.63) is 35.9 Å². The molecule has 0 saturated carbocycles. The van der Waals surface area contributed by atoms with E-state index in [2.05, 4.69) is 0 Å². The first-order chi connectivity index (χ1) is 26.7. The van der Waals surface area contributed by atoms with Gasteiger partial charge in [-0.2, -0.15) is 0 Å². The number of aliphatic hydroxyl groups excluding tert-OH is 1. The van der Waals surface area contributed by atoms with Gasteiger partial charge in [0.25, 0.3) is 0 Å². The van der Waals surface area contributed by atoms with Gasteiger partial charge in [0.1, 0.15) is 23.9 Å². The third-order valence-corrected chi connectivity index (χ3v) is 12.2. The zero-order valence-electron chi connectivity index (χ0n) is 35.8. The van der Waals surface area contributed by atoms with E-state index >= 15 is 0 Å². The summed E-state index contributed by atoms with van der Waals surface area (Å²) in [6, 6.07) is 7.72. The smallest absolute Gasteiger partial charge is 0.410 e. The number of aliphatic hydroxyl groups is 3. The van der Waals surface area contributed by atoms with Crippen LogP contribution in [-0.4, -0.2) is 168 Å². The van der Waals surface area contributed by atoms with Crippen LogP contribution in [-0.2, 0) is 33.2 Å². The van der Waals surface area contributed by atoms with E-state index in [1.54, 1.807) is 65.0 Å². The van der Waals surface area contributed by atoms with E-state index in [4.69, 9.17) is 28.4 Å². The van der Waals surface area contributed by atoms with Gasteiger partial charge in [0.05, 0.1) is 48.5 Å². The van der Waals surface area contributed by atoms with E-state index in [0.29, 0.717) is 31.7 Å². The number of likely N-dealkylation sites (N-methyl/N-ethyl adjacent to an activating group) is 2. The third-order valence-electron chi connectivity index (χ3n) is 12.2. The Labute approximate surface area is 338 Å². The molecule has 3 aliphatic rings. The number of carbonyl (C=O) groups excluding carboxylic acids is 3. The van der Waals surface area contributed by atoms with Crippen LogP contribution in [0.4, 0.5) is 4.79 Å². The fraction of sp³-hybridized carbons (Fsp3) is 0.786. The summed E-state index contributed by atoms with van der Waals surface area (Å²) in [6.45, 7) is 15.4. The topological polar surface area (TPSA) is 177 Å². The number of hydrogen-bond acceptors (Lipinski definition) is 14. The van der Waals surface area contributed by atoms with Gasteiger partial charge in [0.2, 0.25) is 0 Å². The van der Waals surface area contributed by atoms with Crippen molar-refractivity contribution in [3.63, 3.8) is 0 Å². The third kappa shape index (κ3) is 11.4. The molecule has 3 fully saturated rings. The van der Waals surface area contributed by atoms with Gasteiger partial charge in [-0.3, -0.25) is 4.79 Å². The SMILES string of the molecule is CC[C@H]1OC(=O)[C@H](C)[C@@H](OC(=O)N2CCOCC2)[C@H](C)[C@@H](O[C@@H]2O[C@H](C)C[C@H](N(C)C)[C@H]2OC(=O)c2ccccc2)[C@](C)(O)C[C@@H](C)CN(C)[C@H](C)[C@@H](O)[C@]1(C)O. The maximum Gasteiger partial charge on any atom is 0.410 e. The van der Waals surface area contributed by atoms with Crippen molar-refractivity contribution >= 4 is 18.0 Å². The molecule has 0 spiro atoms. The van der Waals surface area contributed by atoms with Crippen molar-refractivity contribution < 1.29 is 58.1 Å². The van der Waals surface area contributed by atoms with E-state index in [0.717, 1.165) is 0 Å². The van der Waals surface area contributed by atoms with E-state index in [1.165, 1.54) is 11.8 Å². The van der Waals surface area contributed by atoms with E-state index in [-0.39, 0.29) is 44.0 Å². The quantitative estimate of drug-likeness (QED) is 0.270. The molecular formula is C42H69N3O12. The molecule has 57 heavy (non-hydrogen) atoms. The highest BCUT2D eigenvalue weighted by atomic mass is 16.7. The highest BCUT2D eigenvalue weighted by molar-refractivity contribution is 5.89. The van der Waals surface area contributed by atoms with Gasteiger partial charge >= 0.3 is 18.0 Å². The van der Waals surface area contributed by atoms with Crippen LogP contribution in [0.5, 0.6) is 0 Å². The number of ether oxygens (including phenoxy) is 6. The predicted molar refractivity (Wildman–Crippen MR) is 211 cm³/mol. The van der Waals surface area contributed by atoms with Crippen molar-refractivity contribution in [2.75, 3.05) is 54.0 Å². The van der Waals surface area contributed by atoms with Crippen molar-refractivity contribution in [3.8, 4) is 0 Å². The van der Waals surface area contributed by atoms with Crippen LogP contribution in [0.2, 0.25) is 0 Å². The normalized spacial score (nSPS) is 39.4. The molecule has 0 bridgehead atoms. The molecule has 3 saturated heterocycles. The average Bonchev–Trinajstić information content (AvgIpc) is 3.17. The molecule has 3 N–H and O–H groups in total. The van der Waals surface area contributed by atoms with Gasteiger partial charge < -0.3 is 58.4 Å². The molecule has 1 aromatic rings. The number of hydrogen-bond donors (Lipinski definition) is 3. The van der Waals surface area contributed by atoms with Crippen LogP contribution < -0.4 is 0 Å². The van der Waals surface area contributed by atoms with E-state index in [1.807, 2.05) is 44.8 Å². The summed E-state index contributed by atoms with van der Waals surface area (Å²) in [5.74, 6) is -3.56. The minimum absolute atomic E-state index is 0.167. The minimum Gasteiger partial charge on any atom is -0.459 e. The number of amides is 1. The second-order valence-electron chi connectivity index (χ2n) is 17.3. The molecule has 14 atom stereocenters. The summed E-state index contributed by atoms with van der Waals surface area (Å²) in [7, 11) is 5.60. The Morgan fingerprint density at radius 3 is 2.21 bits per heavy atom. The Balaban J connectivity index is 1.83. The zero-order chi connectivity index (χ0) is 42.4. The van der Waals surface area contributed by atoms with Crippen LogP contribution in [0, 0.1) is 17.8 Å². The van der Waals surface area contributed by atoms with Gasteiger partial charge in [0, 0.05) is 31.6 Å². The fourth-order valence-electron chi connectivity index (χ4n) is 8.75. The molecule has 0 unspecified atom stereocenters. The van der Waals surface area contributed by atoms with Crippen LogP contribution in [0.1, 0.15) is 85.0 Å². The van der Waals surface area contributed by atoms with Gasteiger partial charge in [-0.05, 0) is 93.1 Å². The Kier molecular flexibility index (Phi) is 16.3. The molecule has 0 aliphatic carbocycles. The second kappa shape index (κ2) is 19.9. The number of nitrogens with zero attached hydrogens (tertiary/aromatic N) is 3. The van der Waals surface area contributed by atoms with Gasteiger partial charge in [-0.15, -0.1) is 0 Å². The summed E-state index contributed by atoms with van der Waals surface area (Å²) in [5, 5.41) is 35.9. The number of morpholine rings is 1. The summed E-state index contributed by atoms with van der Waals surface area (Å²) >= 11 is 0. The average molecular weight is 808 g/mol. The molecule has 1 amide bonds. The highest BCUT2D eigenvalue weighted by Gasteiger charge is 2.52. The Bertz CT molecular complexity index is 1460.